The van der Waals surface area contributed by atoms with Crippen LogP contribution in [0.3, 0.4) is 0 Å². The van der Waals surface area contributed by atoms with Crippen LogP contribution in [0.25, 0.3) is 0 Å². The first-order chi connectivity index (χ1) is 12.8. The lowest BCUT2D eigenvalue weighted by atomic mass is 9.80. The van der Waals surface area contributed by atoms with Crippen LogP contribution in [0.5, 0.6) is 0 Å². The minimum atomic E-state index is -0.816. The molecule has 0 saturated carbocycles. The summed E-state index contributed by atoms with van der Waals surface area (Å²) in [5, 5.41) is 3.37. The second-order valence-corrected chi connectivity index (χ2v) is 7.35. The summed E-state index contributed by atoms with van der Waals surface area (Å²) in [5.74, 6) is -1.89. The van der Waals surface area contributed by atoms with Crippen LogP contribution in [-0.4, -0.2) is 43.0 Å². The summed E-state index contributed by atoms with van der Waals surface area (Å²) in [7, 11) is 1.27. The Bertz CT molecular complexity index is 676. The van der Waals surface area contributed by atoms with Gasteiger partial charge in [-0.05, 0) is 45.2 Å². The summed E-state index contributed by atoms with van der Waals surface area (Å²) in [6, 6.07) is 8.12. The van der Waals surface area contributed by atoms with E-state index in [9.17, 15) is 14.4 Å². The summed E-state index contributed by atoms with van der Waals surface area (Å²) in [6.07, 6.45) is 1.44. The lowest BCUT2D eigenvalue weighted by molar-refractivity contribution is -0.160. The Morgan fingerprint density at radius 1 is 1.22 bits per heavy atom. The topological polar surface area (TPSA) is 81.7 Å². The number of methoxy groups -OCH3 is 1. The van der Waals surface area contributed by atoms with Crippen LogP contribution >= 0.6 is 0 Å². The number of carbonyl (C=O) groups excluding carboxylic acids is 3. The highest BCUT2D eigenvalue weighted by molar-refractivity contribution is 5.92. The van der Waals surface area contributed by atoms with E-state index in [-0.39, 0.29) is 12.2 Å². The molecule has 0 bridgehead atoms. The highest BCUT2D eigenvalue weighted by Gasteiger charge is 2.43. The highest BCUT2D eigenvalue weighted by atomic mass is 16.6. The standard InChI is InChI=1S/C21H29NO5/c1-14-6-8-17(9-7-14)13-21(10-5-11-22-21)19(24)12-18(20(25)26-4)15(2)27-16(3)23/h6-9,15,18,22H,5,10-13H2,1-4H3/t15-,18+,21?/m1/s1. The van der Waals surface area contributed by atoms with Crippen molar-refractivity contribution in [3.63, 3.8) is 0 Å². The number of benzene rings is 1. The Hall–Kier alpha value is -2.21. The highest BCUT2D eigenvalue weighted by Crippen LogP contribution is 2.29. The maximum atomic E-state index is 13.2. The Kier molecular flexibility index (Phi) is 7.13. The van der Waals surface area contributed by atoms with Crippen molar-refractivity contribution in [2.45, 2.75) is 58.1 Å². The van der Waals surface area contributed by atoms with Crippen LogP contribution in [0.4, 0.5) is 0 Å². The van der Waals surface area contributed by atoms with Gasteiger partial charge in [0.15, 0.2) is 5.78 Å². The number of hydrogen-bond acceptors (Lipinski definition) is 6. The van der Waals surface area contributed by atoms with E-state index in [2.05, 4.69) is 5.32 Å². The number of esters is 2. The maximum absolute atomic E-state index is 13.2. The molecular weight excluding hydrogens is 346 g/mol. The molecule has 0 aromatic heterocycles. The average molecular weight is 375 g/mol. The zero-order valence-electron chi connectivity index (χ0n) is 16.5. The molecule has 6 heteroatoms. The molecule has 0 radical (unpaired) electrons. The number of aryl methyl sites for hydroxylation is 1. The molecule has 1 heterocycles. The molecule has 1 aliphatic rings. The van der Waals surface area contributed by atoms with Gasteiger partial charge in [-0.3, -0.25) is 14.4 Å². The van der Waals surface area contributed by atoms with Gasteiger partial charge in [-0.2, -0.15) is 0 Å². The van der Waals surface area contributed by atoms with Gasteiger partial charge in [-0.25, -0.2) is 0 Å². The summed E-state index contributed by atoms with van der Waals surface area (Å²) in [6.45, 7) is 5.69. The van der Waals surface area contributed by atoms with Crippen LogP contribution in [0.2, 0.25) is 0 Å². The quantitative estimate of drug-likeness (QED) is 0.703. The lowest BCUT2D eigenvalue weighted by Crippen LogP contribution is -2.51. The Labute approximate surface area is 160 Å². The number of ketones is 1. The minimum absolute atomic E-state index is 0.0278. The second-order valence-electron chi connectivity index (χ2n) is 7.35. The third-order valence-corrected chi connectivity index (χ3v) is 5.23. The van der Waals surface area contributed by atoms with E-state index in [1.54, 1.807) is 6.92 Å². The van der Waals surface area contributed by atoms with Crippen molar-refractivity contribution in [3.05, 3.63) is 35.4 Å². The van der Waals surface area contributed by atoms with Crippen molar-refractivity contribution in [2.24, 2.45) is 5.92 Å². The molecule has 148 valence electrons. The molecule has 27 heavy (non-hydrogen) atoms. The Morgan fingerprint density at radius 3 is 2.41 bits per heavy atom. The average Bonchev–Trinajstić information content (AvgIpc) is 3.10. The number of carbonyl (C=O) groups is 3. The number of hydrogen-bond donors (Lipinski definition) is 1. The first kappa shape index (κ1) is 21.1. The smallest absolute Gasteiger partial charge is 0.312 e. The van der Waals surface area contributed by atoms with Crippen LogP contribution in [0, 0.1) is 12.8 Å². The zero-order chi connectivity index (χ0) is 20.0. The molecule has 2 rings (SSSR count). The summed E-state index contributed by atoms with van der Waals surface area (Å²) in [5.41, 5.74) is 1.54. The van der Waals surface area contributed by atoms with Crippen molar-refractivity contribution < 1.29 is 23.9 Å². The van der Waals surface area contributed by atoms with E-state index >= 15 is 0 Å². The molecular formula is C21H29NO5. The molecule has 1 aliphatic heterocycles. The molecule has 6 nitrogen and oxygen atoms in total. The number of nitrogens with one attached hydrogen (secondary N) is 1. The van der Waals surface area contributed by atoms with E-state index in [0.29, 0.717) is 6.42 Å². The van der Waals surface area contributed by atoms with E-state index < -0.39 is 29.5 Å². The van der Waals surface area contributed by atoms with Gasteiger partial charge in [0.1, 0.15) is 12.0 Å². The predicted molar refractivity (Wildman–Crippen MR) is 101 cm³/mol. The fraction of sp³-hybridized carbons (Fsp3) is 0.571. The molecule has 0 aliphatic carbocycles. The second kappa shape index (κ2) is 9.13. The van der Waals surface area contributed by atoms with Crippen LogP contribution in [0.1, 0.15) is 44.2 Å². The van der Waals surface area contributed by atoms with E-state index in [1.165, 1.54) is 19.6 Å². The lowest BCUT2D eigenvalue weighted by Gasteiger charge is -2.31. The monoisotopic (exact) mass is 375 g/mol. The first-order valence-electron chi connectivity index (χ1n) is 9.36. The number of rotatable bonds is 8. The van der Waals surface area contributed by atoms with Crippen molar-refractivity contribution in [3.8, 4) is 0 Å². The molecule has 1 fully saturated rings. The van der Waals surface area contributed by atoms with E-state index in [0.717, 1.165) is 24.9 Å². The molecule has 1 saturated heterocycles. The number of ether oxygens (including phenoxy) is 2. The van der Waals surface area contributed by atoms with Gasteiger partial charge in [0.25, 0.3) is 0 Å². The van der Waals surface area contributed by atoms with Gasteiger partial charge in [-0.15, -0.1) is 0 Å². The molecule has 3 atom stereocenters. The minimum Gasteiger partial charge on any atom is -0.469 e. The molecule has 1 N–H and O–H groups in total. The normalized spacial score (nSPS) is 21.3. The maximum Gasteiger partial charge on any atom is 0.312 e. The van der Waals surface area contributed by atoms with Gasteiger partial charge in [0.2, 0.25) is 0 Å². The predicted octanol–water partition coefficient (Wildman–Crippen LogP) is 2.36. The van der Waals surface area contributed by atoms with Gasteiger partial charge in [0.05, 0.1) is 12.6 Å². The Morgan fingerprint density at radius 2 is 1.89 bits per heavy atom. The fourth-order valence-corrected chi connectivity index (χ4v) is 3.68. The van der Waals surface area contributed by atoms with Gasteiger partial charge >= 0.3 is 11.9 Å². The fourth-order valence-electron chi connectivity index (χ4n) is 3.68. The summed E-state index contributed by atoms with van der Waals surface area (Å²) in [4.78, 5) is 36.7. The third kappa shape index (κ3) is 5.39. The molecule has 0 amide bonds. The zero-order valence-corrected chi connectivity index (χ0v) is 16.5. The number of Topliss-reactive ketones (excluding diaryl/α,β-unsaturated/α-hetero) is 1. The molecule has 1 aromatic carbocycles. The van der Waals surface area contributed by atoms with Crippen molar-refractivity contribution in [1.82, 2.24) is 5.32 Å². The van der Waals surface area contributed by atoms with Crippen LogP contribution in [0.15, 0.2) is 24.3 Å². The Balaban J connectivity index is 2.19. The SMILES string of the molecule is COC(=O)[C@@H](CC(=O)C1(Cc2ccc(C)cc2)CCCN1)[C@@H](C)OC(C)=O. The van der Waals surface area contributed by atoms with Gasteiger partial charge < -0.3 is 14.8 Å². The van der Waals surface area contributed by atoms with Crippen molar-refractivity contribution in [1.29, 1.82) is 0 Å². The van der Waals surface area contributed by atoms with Crippen molar-refractivity contribution >= 4 is 17.7 Å². The van der Waals surface area contributed by atoms with Gasteiger partial charge in [-0.1, -0.05) is 29.8 Å². The third-order valence-electron chi connectivity index (χ3n) is 5.23. The van der Waals surface area contributed by atoms with E-state index in [1.807, 2.05) is 31.2 Å². The van der Waals surface area contributed by atoms with Crippen LogP contribution in [-0.2, 0) is 30.3 Å². The summed E-state index contributed by atoms with van der Waals surface area (Å²) < 4.78 is 9.99. The van der Waals surface area contributed by atoms with E-state index in [4.69, 9.17) is 9.47 Å². The molecule has 0 spiro atoms. The van der Waals surface area contributed by atoms with Crippen LogP contribution < -0.4 is 5.32 Å². The van der Waals surface area contributed by atoms with Crippen molar-refractivity contribution in [2.75, 3.05) is 13.7 Å². The summed E-state index contributed by atoms with van der Waals surface area (Å²) >= 11 is 0. The first-order valence-corrected chi connectivity index (χ1v) is 9.36. The molecule has 1 unspecified atom stereocenters. The van der Waals surface area contributed by atoms with Gasteiger partial charge in [0, 0.05) is 13.3 Å². The molecule has 1 aromatic rings. The largest absolute Gasteiger partial charge is 0.469 e.